The van der Waals surface area contributed by atoms with Crippen molar-refractivity contribution < 1.29 is 4.79 Å². The topological polar surface area (TPSA) is 59.0 Å². The van der Waals surface area contributed by atoms with E-state index in [1.807, 2.05) is 44.2 Å². The molecule has 1 heterocycles. The van der Waals surface area contributed by atoms with Crippen LogP contribution >= 0.6 is 34.8 Å². The quantitative estimate of drug-likeness (QED) is 0.221. The Morgan fingerprint density at radius 1 is 1.08 bits per heavy atom. The first kappa shape index (κ1) is 29.2. The molecule has 0 radical (unpaired) electrons. The lowest BCUT2D eigenvalue weighted by Crippen LogP contribution is -2.49. The van der Waals surface area contributed by atoms with E-state index in [0.29, 0.717) is 27.3 Å². The zero-order valence-corrected chi connectivity index (χ0v) is 24.2. The molecule has 8 heteroatoms. The molecule has 1 atom stereocenters. The third-order valence-corrected chi connectivity index (χ3v) is 7.39. The van der Waals surface area contributed by atoms with E-state index in [1.165, 1.54) is 0 Å². The molecule has 3 rings (SSSR count). The average Bonchev–Trinajstić information content (AvgIpc) is 3.17. The Kier molecular flexibility index (Phi) is 10.3. The monoisotopic (exact) mass is 560 g/mol. The van der Waals surface area contributed by atoms with Crippen molar-refractivity contribution in [1.29, 1.82) is 0 Å². The molecule has 37 heavy (non-hydrogen) atoms. The molecule has 2 aromatic carbocycles. The van der Waals surface area contributed by atoms with Gasteiger partial charge in [-0.25, -0.2) is 4.68 Å². The molecule has 5 nitrogen and oxygen atoms in total. The van der Waals surface area contributed by atoms with Gasteiger partial charge in [-0.15, -0.1) is 6.58 Å². The predicted octanol–water partition coefficient (Wildman–Crippen LogP) is 7.93. The lowest BCUT2D eigenvalue weighted by molar-refractivity contribution is -0.120. The normalized spacial score (nSPS) is 12.8. The second-order valence-corrected chi connectivity index (χ2v) is 10.9. The average molecular weight is 562 g/mol. The first-order valence-corrected chi connectivity index (χ1v) is 13.7. The number of carbonyl (C=O) groups is 1. The van der Waals surface area contributed by atoms with Crippen molar-refractivity contribution in [3.8, 4) is 16.9 Å². The van der Waals surface area contributed by atoms with Crippen molar-refractivity contribution in [2.24, 2.45) is 0 Å². The van der Waals surface area contributed by atoms with Gasteiger partial charge in [0.1, 0.15) is 0 Å². The number of nitrogens with one attached hydrogen (secondary N) is 2. The minimum absolute atomic E-state index is 0.0813. The Balaban J connectivity index is 1.85. The summed E-state index contributed by atoms with van der Waals surface area (Å²) in [5, 5.41) is 13.1. The molecule has 0 saturated carbocycles. The Labute approximate surface area is 235 Å². The van der Waals surface area contributed by atoms with Gasteiger partial charge >= 0.3 is 0 Å². The van der Waals surface area contributed by atoms with Gasteiger partial charge < -0.3 is 10.6 Å². The van der Waals surface area contributed by atoms with E-state index in [1.54, 1.807) is 16.8 Å². The van der Waals surface area contributed by atoms with Gasteiger partial charge in [-0.3, -0.25) is 4.79 Å². The van der Waals surface area contributed by atoms with Gasteiger partial charge in [0.05, 0.1) is 35.2 Å². The molecule has 2 N–H and O–H groups in total. The first-order chi connectivity index (χ1) is 17.6. The maximum Gasteiger partial charge on any atom is 0.234 e. The standard InChI is InChI=1S/C29H35Cl3N4O/c1-6-14-29(7-2,16-19(3)4)34-18-27(37)33-17-25-20(5)28(21-8-10-22(30)11-9-21)36(35-25)26-13-12-23(31)15-24(26)32/h8-13,15,34H,3,6-7,14,16-18H2,1-2,4-5H3,(H,33,37). The molecule has 1 aromatic heterocycles. The summed E-state index contributed by atoms with van der Waals surface area (Å²) < 4.78 is 1.80. The highest BCUT2D eigenvalue weighted by Gasteiger charge is 2.27. The number of carbonyl (C=O) groups excluding carboxylic acids is 1. The molecule has 0 aliphatic rings. The number of benzene rings is 2. The summed E-state index contributed by atoms with van der Waals surface area (Å²) in [6.45, 7) is 12.9. The fourth-order valence-electron chi connectivity index (χ4n) is 4.72. The molecule has 0 aliphatic carbocycles. The van der Waals surface area contributed by atoms with Gasteiger partial charge in [-0.2, -0.15) is 5.10 Å². The molecule has 0 fully saturated rings. The molecule has 0 aliphatic heterocycles. The Morgan fingerprint density at radius 2 is 1.76 bits per heavy atom. The summed E-state index contributed by atoms with van der Waals surface area (Å²) >= 11 is 18.8. The van der Waals surface area contributed by atoms with Crippen molar-refractivity contribution in [2.75, 3.05) is 6.54 Å². The molecular weight excluding hydrogens is 527 g/mol. The van der Waals surface area contributed by atoms with Crippen molar-refractivity contribution in [2.45, 2.75) is 65.5 Å². The van der Waals surface area contributed by atoms with E-state index in [4.69, 9.17) is 39.9 Å². The fraction of sp³-hybridized carbons (Fsp3) is 0.379. The first-order valence-electron chi connectivity index (χ1n) is 12.5. The van der Waals surface area contributed by atoms with Gasteiger partial charge in [-0.05, 0) is 63.4 Å². The summed E-state index contributed by atoms with van der Waals surface area (Å²) in [6.07, 6.45) is 3.80. The van der Waals surface area contributed by atoms with Crippen LogP contribution in [0.1, 0.15) is 57.7 Å². The van der Waals surface area contributed by atoms with Gasteiger partial charge in [0, 0.05) is 26.7 Å². The number of rotatable bonds is 12. The zero-order chi connectivity index (χ0) is 27.2. The number of amides is 1. The van der Waals surface area contributed by atoms with Crippen LogP contribution in [0.15, 0.2) is 54.6 Å². The van der Waals surface area contributed by atoms with Crippen LogP contribution in [-0.4, -0.2) is 27.8 Å². The third-order valence-electron chi connectivity index (χ3n) is 6.60. The maximum atomic E-state index is 12.9. The smallest absolute Gasteiger partial charge is 0.234 e. The highest BCUT2D eigenvalue weighted by molar-refractivity contribution is 6.35. The van der Waals surface area contributed by atoms with E-state index in [0.717, 1.165) is 53.8 Å². The molecule has 1 unspecified atom stereocenters. The molecule has 3 aromatic rings. The predicted molar refractivity (Wildman–Crippen MR) is 156 cm³/mol. The van der Waals surface area contributed by atoms with E-state index in [9.17, 15) is 4.79 Å². The molecule has 0 saturated heterocycles. The lowest BCUT2D eigenvalue weighted by atomic mass is 9.84. The Hall–Kier alpha value is -2.31. The molecular formula is C29H35Cl3N4O. The number of aromatic nitrogens is 2. The Morgan fingerprint density at radius 3 is 2.35 bits per heavy atom. The molecule has 0 bridgehead atoms. The Bertz CT molecular complexity index is 1250. The number of nitrogens with zero attached hydrogens (tertiary/aromatic N) is 2. The van der Waals surface area contributed by atoms with Crippen LogP contribution < -0.4 is 10.6 Å². The van der Waals surface area contributed by atoms with Crippen molar-refractivity contribution in [3.05, 3.63) is 80.9 Å². The van der Waals surface area contributed by atoms with Crippen LogP contribution in [0.3, 0.4) is 0 Å². The van der Waals surface area contributed by atoms with Crippen molar-refractivity contribution in [3.63, 3.8) is 0 Å². The maximum absolute atomic E-state index is 12.9. The number of halogens is 3. The van der Waals surface area contributed by atoms with Gasteiger partial charge in [0.2, 0.25) is 5.91 Å². The second-order valence-electron chi connectivity index (χ2n) is 9.58. The summed E-state index contributed by atoms with van der Waals surface area (Å²) in [7, 11) is 0. The summed E-state index contributed by atoms with van der Waals surface area (Å²) in [6, 6.07) is 12.9. The summed E-state index contributed by atoms with van der Waals surface area (Å²) in [4.78, 5) is 12.9. The molecule has 198 valence electrons. The van der Waals surface area contributed by atoms with E-state index in [2.05, 4.69) is 31.1 Å². The van der Waals surface area contributed by atoms with Crippen LogP contribution in [0.5, 0.6) is 0 Å². The van der Waals surface area contributed by atoms with Crippen LogP contribution in [0.25, 0.3) is 16.9 Å². The molecule has 0 spiro atoms. The summed E-state index contributed by atoms with van der Waals surface area (Å²) in [5.74, 6) is -0.0813. The fourth-order valence-corrected chi connectivity index (χ4v) is 5.33. The van der Waals surface area contributed by atoms with Crippen molar-refractivity contribution >= 4 is 40.7 Å². The van der Waals surface area contributed by atoms with Gasteiger partial charge in [0.25, 0.3) is 0 Å². The van der Waals surface area contributed by atoms with Crippen LogP contribution in [0, 0.1) is 6.92 Å². The second kappa shape index (κ2) is 13.0. The van der Waals surface area contributed by atoms with E-state index >= 15 is 0 Å². The van der Waals surface area contributed by atoms with Gasteiger partial charge in [0.15, 0.2) is 0 Å². The lowest BCUT2D eigenvalue weighted by Gasteiger charge is -2.34. The van der Waals surface area contributed by atoms with Crippen LogP contribution in [0.4, 0.5) is 0 Å². The number of hydrogen-bond donors (Lipinski definition) is 2. The minimum Gasteiger partial charge on any atom is -0.349 e. The number of hydrogen-bond acceptors (Lipinski definition) is 3. The highest BCUT2D eigenvalue weighted by atomic mass is 35.5. The third kappa shape index (κ3) is 7.38. The molecule has 1 amide bonds. The van der Waals surface area contributed by atoms with Gasteiger partial charge in [-0.1, -0.05) is 72.8 Å². The highest BCUT2D eigenvalue weighted by Crippen LogP contribution is 2.33. The zero-order valence-electron chi connectivity index (χ0n) is 21.9. The van der Waals surface area contributed by atoms with E-state index in [-0.39, 0.29) is 18.0 Å². The van der Waals surface area contributed by atoms with Crippen LogP contribution in [0.2, 0.25) is 15.1 Å². The minimum atomic E-state index is -0.123. The summed E-state index contributed by atoms with van der Waals surface area (Å²) in [5.41, 5.74) is 5.19. The largest absolute Gasteiger partial charge is 0.349 e. The van der Waals surface area contributed by atoms with Crippen molar-refractivity contribution in [1.82, 2.24) is 20.4 Å². The van der Waals surface area contributed by atoms with E-state index < -0.39 is 0 Å². The van der Waals surface area contributed by atoms with Crippen LogP contribution in [-0.2, 0) is 11.3 Å². The SMILES string of the molecule is C=C(C)CC(CC)(CCC)NCC(=O)NCc1nn(-c2ccc(Cl)cc2Cl)c(-c2ccc(Cl)cc2)c1C.